The molecule has 6 heteroatoms. The zero-order chi connectivity index (χ0) is 11.1. The van der Waals surface area contributed by atoms with E-state index in [0.29, 0.717) is 24.7 Å². The summed E-state index contributed by atoms with van der Waals surface area (Å²) in [5.74, 6) is 1.03. The third-order valence-corrected chi connectivity index (χ3v) is 1.75. The summed E-state index contributed by atoms with van der Waals surface area (Å²) in [6.07, 6.45) is 0. The third kappa shape index (κ3) is 4.57. The molecule has 0 fully saturated rings. The monoisotopic (exact) mass is 214 g/mol. The zero-order valence-corrected chi connectivity index (χ0v) is 8.95. The average Bonchev–Trinajstić information content (AvgIpc) is 2.59. The first kappa shape index (κ1) is 11.7. The van der Waals surface area contributed by atoms with Crippen molar-refractivity contribution in [3.63, 3.8) is 0 Å². The van der Waals surface area contributed by atoms with Crippen LogP contribution in [0.15, 0.2) is 10.6 Å². The van der Waals surface area contributed by atoms with E-state index in [9.17, 15) is 4.79 Å². The lowest BCUT2D eigenvalue weighted by Gasteiger charge is -2.00. The minimum atomic E-state index is -0.0978. The number of nitrogens with two attached hydrogens (primary N) is 1. The summed E-state index contributed by atoms with van der Waals surface area (Å²) < 4.78 is 9.67. The highest BCUT2D eigenvalue weighted by Gasteiger charge is 2.06. The van der Waals surface area contributed by atoms with Gasteiger partial charge in [-0.05, 0) is 6.92 Å². The van der Waals surface area contributed by atoms with Gasteiger partial charge >= 0.3 is 0 Å². The molecule has 1 rings (SSSR count). The molecule has 0 spiro atoms. The van der Waals surface area contributed by atoms with Crippen molar-refractivity contribution in [2.24, 2.45) is 0 Å². The number of anilines is 1. The van der Waals surface area contributed by atoms with E-state index in [1.165, 1.54) is 0 Å². The molecule has 0 aliphatic carbocycles. The Morgan fingerprint density at radius 3 is 3.13 bits per heavy atom. The maximum atomic E-state index is 11.3. The number of carbonyl (C=O) groups is 1. The molecule has 0 aromatic carbocycles. The van der Waals surface area contributed by atoms with Gasteiger partial charge < -0.3 is 19.9 Å². The van der Waals surface area contributed by atoms with E-state index in [0.717, 1.165) is 6.54 Å². The predicted molar refractivity (Wildman–Crippen MR) is 53.4 cm³/mol. The van der Waals surface area contributed by atoms with Crippen LogP contribution in [-0.2, 0) is 9.53 Å². The van der Waals surface area contributed by atoms with Crippen LogP contribution in [0.5, 0.6) is 0 Å². The Hall–Kier alpha value is -1.40. The van der Waals surface area contributed by atoms with Gasteiger partial charge in [-0.15, -0.1) is 0 Å². The first-order chi connectivity index (χ1) is 7.22. The van der Waals surface area contributed by atoms with Crippen LogP contribution in [0.2, 0.25) is 0 Å². The van der Waals surface area contributed by atoms with Crippen LogP contribution < -0.4 is 10.6 Å². The van der Waals surface area contributed by atoms with Crippen molar-refractivity contribution in [2.75, 3.05) is 32.1 Å². The van der Waals surface area contributed by atoms with E-state index < -0.39 is 0 Å². The molecule has 0 unspecified atom stereocenters. The number of ether oxygens (including phenoxy) is 1. The van der Waals surface area contributed by atoms with Crippen LogP contribution in [0, 0.1) is 6.92 Å². The number of hydrogen-bond acceptors (Lipinski definition) is 4. The van der Waals surface area contributed by atoms with Gasteiger partial charge in [-0.3, -0.25) is 4.79 Å². The van der Waals surface area contributed by atoms with Crippen LogP contribution in [-0.4, -0.2) is 37.9 Å². The maximum Gasteiger partial charge on any atom is 0.280 e. The Morgan fingerprint density at radius 1 is 1.73 bits per heavy atom. The van der Waals surface area contributed by atoms with E-state index in [1.807, 2.05) is 5.32 Å². The van der Waals surface area contributed by atoms with Crippen molar-refractivity contribution >= 4 is 11.7 Å². The van der Waals surface area contributed by atoms with E-state index in [2.05, 4.69) is 10.5 Å². The Balaban J connectivity index is 2.18. The van der Waals surface area contributed by atoms with E-state index >= 15 is 0 Å². The van der Waals surface area contributed by atoms with Gasteiger partial charge in [0.05, 0.1) is 13.2 Å². The summed E-state index contributed by atoms with van der Waals surface area (Å²) in [6, 6.07) is 1.67. The number of nitrogens with one attached hydrogen (secondary N) is 1. The van der Waals surface area contributed by atoms with Crippen LogP contribution in [0.1, 0.15) is 5.76 Å². The number of quaternary nitrogens is 1. The van der Waals surface area contributed by atoms with Gasteiger partial charge in [-0.25, -0.2) is 0 Å². The molecule has 0 radical (unpaired) electrons. The standard InChI is InChI=1S/C9H15N3O3/c1-7-5-8(12-15-7)11-9(13)6-10-3-4-14-2/h5,10H,3-4,6H2,1-2H3,(H,11,12,13)/p+1. The van der Waals surface area contributed by atoms with Crippen molar-refractivity contribution in [1.29, 1.82) is 0 Å². The number of methoxy groups -OCH3 is 1. The minimum absolute atomic E-state index is 0.0978. The molecule has 0 bridgehead atoms. The Labute approximate surface area is 88.0 Å². The molecule has 0 saturated heterocycles. The van der Waals surface area contributed by atoms with Crippen molar-refractivity contribution < 1.29 is 19.4 Å². The molecule has 0 atom stereocenters. The van der Waals surface area contributed by atoms with Gasteiger partial charge in [-0.2, -0.15) is 0 Å². The lowest BCUT2D eigenvalue weighted by atomic mass is 10.4. The largest absolute Gasteiger partial charge is 0.379 e. The number of aryl methyl sites for hydroxylation is 1. The van der Waals surface area contributed by atoms with Crippen LogP contribution >= 0.6 is 0 Å². The number of aromatic nitrogens is 1. The van der Waals surface area contributed by atoms with E-state index in [4.69, 9.17) is 9.26 Å². The van der Waals surface area contributed by atoms with Gasteiger partial charge in [-0.1, -0.05) is 5.16 Å². The maximum absolute atomic E-state index is 11.3. The fourth-order valence-electron chi connectivity index (χ4n) is 1.05. The Kier molecular flexibility index (Phi) is 4.79. The summed E-state index contributed by atoms with van der Waals surface area (Å²) in [6.45, 7) is 3.53. The normalized spacial score (nSPS) is 10.3. The van der Waals surface area contributed by atoms with Crippen molar-refractivity contribution in [2.45, 2.75) is 6.92 Å². The number of nitrogens with zero attached hydrogens (tertiary/aromatic N) is 1. The predicted octanol–water partition coefficient (Wildman–Crippen LogP) is -0.869. The lowest BCUT2D eigenvalue weighted by molar-refractivity contribution is -0.645. The summed E-state index contributed by atoms with van der Waals surface area (Å²) >= 11 is 0. The molecular formula is C9H16N3O3+. The average molecular weight is 214 g/mol. The van der Waals surface area contributed by atoms with Gasteiger partial charge in [0.15, 0.2) is 12.4 Å². The molecule has 0 aliphatic heterocycles. The molecule has 0 aliphatic rings. The number of carbonyl (C=O) groups excluding carboxylic acids is 1. The molecule has 3 N–H and O–H groups in total. The number of amides is 1. The smallest absolute Gasteiger partial charge is 0.280 e. The lowest BCUT2D eigenvalue weighted by Crippen LogP contribution is -2.87. The second kappa shape index (κ2) is 6.15. The van der Waals surface area contributed by atoms with E-state index in [1.54, 1.807) is 20.1 Å². The first-order valence-electron chi connectivity index (χ1n) is 4.76. The van der Waals surface area contributed by atoms with Crippen LogP contribution in [0.25, 0.3) is 0 Å². The van der Waals surface area contributed by atoms with Crippen LogP contribution in [0.3, 0.4) is 0 Å². The molecule has 1 heterocycles. The quantitative estimate of drug-likeness (QED) is 0.603. The fraction of sp³-hybridized carbons (Fsp3) is 0.556. The van der Waals surface area contributed by atoms with E-state index in [-0.39, 0.29) is 5.91 Å². The number of hydrogen-bond donors (Lipinski definition) is 2. The molecule has 1 amide bonds. The van der Waals surface area contributed by atoms with Gasteiger partial charge in [0.1, 0.15) is 5.76 Å². The molecule has 0 saturated carbocycles. The highest BCUT2D eigenvalue weighted by Crippen LogP contribution is 2.05. The fourth-order valence-corrected chi connectivity index (χ4v) is 1.05. The minimum Gasteiger partial charge on any atom is -0.379 e. The van der Waals surface area contributed by atoms with Crippen LogP contribution in [0.4, 0.5) is 5.82 Å². The van der Waals surface area contributed by atoms with Crippen molar-refractivity contribution in [1.82, 2.24) is 5.16 Å². The summed E-state index contributed by atoms with van der Waals surface area (Å²) in [7, 11) is 1.63. The Bertz CT molecular complexity index is 311. The summed E-state index contributed by atoms with van der Waals surface area (Å²) in [5, 5.41) is 8.15. The molecule has 6 nitrogen and oxygen atoms in total. The molecular weight excluding hydrogens is 198 g/mol. The second-order valence-electron chi connectivity index (χ2n) is 3.15. The highest BCUT2D eigenvalue weighted by atomic mass is 16.5. The zero-order valence-electron chi connectivity index (χ0n) is 8.95. The summed E-state index contributed by atoms with van der Waals surface area (Å²) in [4.78, 5) is 11.3. The highest BCUT2D eigenvalue weighted by molar-refractivity contribution is 5.90. The van der Waals surface area contributed by atoms with Crippen molar-refractivity contribution in [3.05, 3.63) is 11.8 Å². The molecule has 1 aromatic heterocycles. The first-order valence-corrected chi connectivity index (χ1v) is 4.76. The molecule has 1 aromatic rings. The molecule has 84 valence electrons. The SMILES string of the molecule is COCC[NH2+]CC(=O)Nc1cc(C)on1. The summed E-state index contributed by atoms with van der Waals surface area (Å²) in [5.41, 5.74) is 0. The van der Waals surface area contributed by atoms with Gasteiger partial charge in [0.2, 0.25) is 0 Å². The second-order valence-corrected chi connectivity index (χ2v) is 3.15. The molecule has 15 heavy (non-hydrogen) atoms. The number of rotatable bonds is 6. The van der Waals surface area contributed by atoms with Gasteiger partial charge in [0, 0.05) is 13.2 Å². The third-order valence-electron chi connectivity index (χ3n) is 1.75. The van der Waals surface area contributed by atoms with Gasteiger partial charge in [0.25, 0.3) is 5.91 Å². The topological polar surface area (TPSA) is 81.0 Å². The Morgan fingerprint density at radius 2 is 2.53 bits per heavy atom. The van der Waals surface area contributed by atoms with Crippen molar-refractivity contribution in [3.8, 4) is 0 Å².